The van der Waals surface area contributed by atoms with Gasteiger partial charge >= 0.3 is 5.97 Å². The molecule has 1 aliphatic rings. The number of nitrogens with zero attached hydrogens (tertiary/aromatic N) is 2. The zero-order chi connectivity index (χ0) is 19.8. The minimum atomic E-state index is -1.08. The van der Waals surface area contributed by atoms with Gasteiger partial charge in [0.1, 0.15) is 5.82 Å². The van der Waals surface area contributed by atoms with Gasteiger partial charge in [-0.15, -0.1) is 0 Å². The van der Waals surface area contributed by atoms with Crippen molar-refractivity contribution in [3.8, 4) is 5.69 Å². The highest BCUT2D eigenvalue weighted by atomic mass is 35.5. The van der Waals surface area contributed by atoms with Crippen molar-refractivity contribution >= 4 is 40.8 Å². The van der Waals surface area contributed by atoms with Gasteiger partial charge in [-0.25, -0.2) is 13.9 Å². The minimum absolute atomic E-state index is 0.0192. The molecule has 0 unspecified atom stereocenters. The van der Waals surface area contributed by atoms with E-state index in [0.29, 0.717) is 27.7 Å². The molecule has 7 heteroatoms. The van der Waals surface area contributed by atoms with Gasteiger partial charge in [0, 0.05) is 10.6 Å². The van der Waals surface area contributed by atoms with Crippen LogP contribution < -0.4 is 0 Å². The second-order valence-electron chi connectivity index (χ2n) is 6.56. The summed E-state index contributed by atoms with van der Waals surface area (Å²) in [7, 11) is 0. The second kappa shape index (κ2) is 7.41. The number of hydrogen-bond acceptors (Lipinski definition) is 2. The second-order valence-corrected chi connectivity index (χ2v) is 7.41. The Balaban J connectivity index is 1.94. The highest BCUT2D eigenvalue weighted by Crippen LogP contribution is 2.37. The molecule has 3 aromatic rings. The summed E-state index contributed by atoms with van der Waals surface area (Å²) in [6.45, 7) is 0. The normalized spacial score (nSPS) is 14.9. The molecule has 4 nitrogen and oxygen atoms in total. The third-order valence-corrected chi connectivity index (χ3v) is 5.25. The molecule has 4 rings (SSSR count). The molecule has 1 aromatic heterocycles. The number of aromatic nitrogens is 2. The Morgan fingerprint density at radius 1 is 1.14 bits per heavy atom. The quantitative estimate of drug-likeness (QED) is 0.578. The highest BCUT2D eigenvalue weighted by molar-refractivity contribution is 6.35. The van der Waals surface area contributed by atoms with Crippen molar-refractivity contribution in [3.63, 3.8) is 0 Å². The minimum Gasteiger partial charge on any atom is -0.476 e. The average Bonchev–Trinajstić information content (AvgIpc) is 3.04. The lowest BCUT2D eigenvalue weighted by Gasteiger charge is -2.19. The van der Waals surface area contributed by atoms with E-state index in [1.165, 1.54) is 12.1 Å². The third kappa shape index (κ3) is 3.43. The summed E-state index contributed by atoms with van der Waals surface area (Å²) in [4.78, 5) is 11.8. The standard InChI is InChI=1S/C21H15Cl2FN2O2/c22-14-6-9-18(17(23)11-14)26-20-13(10-12-4-7-15(24)8-5-12)2-1-3-16(20)19(25-26)21(27)28/h4-11H,1-3H2,(H,27,28)/b13-10+. The van der Waals surface area contributed by atoms with Gasteiger partial charge in [0.05, 0.1) is 16.4 Å². The predicted molar refractivity (Wildman–Crippen MR) is 108 cm³/mol. The van der Waals surface area contributed by atoms with E-state index in [0.717, 1.165) is 29.7 Å². The topological polar surface area (TPSA) is 55.1 Å². The average molecular weight is 417 g/mol. The fraction of sp³-hybridized carbons (Fsp3) is 0.143. The summed E-state index contributed by atoms with van der Waals surface area (Å²) in [5, 5.41) is 14.8. The van der Waals surface area contributed by atoms with Crippen LogP contribution in [0.4, 0.5) is 4.39 Å². The largest absolute Gasteiger partial charge is 0.476 e. The van der Waals surface area contributed by atoms with Crippen molar-refractivity contribution in [2.24, 2.45) is 0 Å². The zero-order valence-electron chi connectivity index (χ0n) is 14.6. The Bertz CT molecular complexity index is 1100. The Kier molecular flexibility index (Phi) is 4.96. The molecular weight excluding hydrogens is 402 g/mol. The number of carboxylic acids is 1. The number of fused-ring (bicyclic) bond motifs is 1. The molecule has 1 heterocycles. The molecule has 0 spiro atoms. The first-order chi connectivity index (χ1) is 13.4. The Morgan fingerprint density at radius 3 is 2.57 bits per heavy atom. The van der Waals surface area contributed by atoms with Crippen LogP contribution in [-0.2, 0) is 6.42 Å². The van der Waals surface area contributed by atoms with E-state index in [2.05, 4.69) is 5.10 Å². The van der Waals surface area contributed by atoms with Gasteiger partial charge in [-0.3, -0.25) is 0 Å². The van der Waals surface area contributed by atoms with E-state index in [1.807, 2.05) is 6.08 Å². The number of hydrogen-bond donors (Lipinski definition) is 1. The van der Waals surface area contributed by atoms with Crippen molar-refractivity contribution in [1.29, 1.82) is 0 Å². The summed E-state index contributed by atoms with van der Waals surface area (Å²) in [5.41, 5.74) is 3.73. The van der Waals surface area contributed by atoms with Crippen molar-refractivity contribution in [1.82, 2.24) is 9.78 Å². The maximum atomic E-state index is 13.2. The predicted octanol–water partition coefficient (Wildman–Crippen LogP) is 5.89. The SMILES string of the molecule is O=C(O)c1nn(-c2ccc(Cl)cc2Cl)c2c1CCC/C2=C\c1ccc(F)cc1. The maximum absolute atomic E-state index is 13.2. The Hall–Kier alpha value is -2.63. The number of rotatable bonds is 3. The Labute approximate surface area is 170 Å². The van der Waals surface area contributed by atoms with Gasteiger partial charge in [-0.05, 0) is 66.8 Å². The number of benzene rings is 2. The van der Waals surface area contributed by atoms with Crippen LogP contribution in [0.1, 0.15) is 40.2 Å². The highest BCUT2D eigenvalue weighted by Gasteiger charge is 2.28. The summed E-state index contributed by atoms with van der Waals surface area (Å²) in [6.07, 6.45) is 4.11. The van der Waals surface area contributed by atoms with Crippen LogP contribution in [0.15, 0.2) is 42.5 Å². The van der Waals surface area contributed by atoms with E-state index in [9.17, 15) is 14.3 Å². The molecule has 0 amide bonds. The maximum Gasteiger partial charge on any atom is 0.356 e. The smallest absolute Gasteiger partial charge is 0.356 e. The fourth-order valence-electron chi connectivity index (χ4n) is 3.49. The van der Waals surface area contributed by atoms with E-state index in [1.54, 1.807) is 35.0 Å². The monoisotopic (exact) mass is 416 g/mol. The summed E-state index contributed by atoms with van der Waals surface area (Å²) in [5.74, 6) is -1.39. The molecular formula is C21H15Cl2FN2O2. The fourth-order valence-corrected chi connectivity index (χ4v) is 3.98. The lowest BCUT2D eigenvalue weighted by Crippen LogP contribution is -2.08. The molecule has 0 aliphatic heterocycles. The van der Waals surface area contributed by atoms with Crippen LogP contribution in [0, 0.1) is 5.82 Å². The first-order valence-electron chi connectivity index (χ1n) is 8.71. The summed E-state index contributed by atoms with van der Waals surface area (Å²) < 4.78 is 14.8. The van der Waals surface area contributed by atoms with Crippen molar-refractivity contribution < 1.29 is 14.3 Å². The molecule has 0 saturated carbocycles. The van der Waals surface area contributed by atoms with Crippen LogP contribution in [-0.4, -0.2) is 20.9 Å². The lowest BCUT2D eigenvalue weighted by atomic mass is 9.90. The lowest BCUT2D eigenvalue weighted by molar-refractivity contribution is 0.0688. The van der Waals surface area contributed by atoms with Crippen LogP contribution in [0.25, 0.3) is 17.3 Å². The third-order valence-electron chi connectivity index (χ3n) is 4.71. The number of aromatic carboxylic acids is 1. The number of carbonyl (C=O) groups is 1. The van der Waals surface area contributed by atoms with Crippen molar-refractivity contribution in [2.75, 3.05) is 0 Å². The molecule has 0 atom stereocenters. The molecule has 1 aliphatic carbocycles. The molecule has 0 radical (unpaired) electrons. The molecule has 0 fully saturated rings. The number of allylic oxidation sites excluding steroid dienone is 1. The summed E-state index contributed by atoms with van der Waals surface area (Å²) in [6, 6.07) is 11.2. The van der Waals surface area contributed by atoms with Gasteiger partial charge in [0.15, 0.2) is 5.69 Å². The van der Waals surface area contributed by atoms with Gasteiger partial charge in [-0.1, -0.05) is 35.3 Å². The molecule has 142 valence electrons. The molecule has 1 N–H and O–H groups in total. The zero-order valence-corrected chi connectivity index (χ0v) is 16.1. The Morgan fingerprint density at radius 2 is 1.89 bits per heavy atom. The van der Waals surface area contributed by atoms with Gasteiger partial charge in [0.2, 0.25) is 0 Å². The van der Waals surface area contributed by atoms with Crippen LogP contribution in [0.3, 0.4) is 0 Å². The van der Waals surface area contributed by atoms with Gasteiger partial charge in [-0.2, -0.15) is 5.10 Å². The van der Waals surface area contributed by atoms with E-state index in [-0.39, 0.29) is 11.5 Å². The van der Waals surface area contributed by atoms with Crippen molar-refractivity contribution in [3.05, 3.63) is 80.8 Å². The van der Waals surface area contributed by atoms with Gasteiger partial charge < -0.3 is 5.11 Å². The summed E-state index contributed by atoms with van der Waals surface area (Å²) >= 11 is 12.4. The first kappa shape index (κ1) is 18.7. The van der Waals surface area contributed by atoms with Crippen LogP contribution >= 0.6 is 23.2 Å². The van der Waals surface area contributed by atoms with E-state index < -0.39 is 5.97 Å². The number of carboxylic acid groups (broad SMARTS) is 1. The molecule has 0 bridgehead atoms. The number of halogens is 3. The van der Waals surface area contributed by atoms with Crippen LogP contribution in [0.2, 0.25) is 10.0 Å². The van der Waals surface area contributed by atoms with Crippen LogP contribution in [0.5, 0.6) is 0 Å². The van der Waals surface area contributed by atoms with Crippen molar-refractivity contribution in [2.45, 2.75) is 19.3 Å². The van der Waals surface area contributed by atoms with E-state index in [4.69, 9.17) is 23.2 Å². The molecule has 2 aromatic carbocycles. The van der Waals surface area contributed by atoms with E-state index >= 15 is 0 Å². The molecule has 28 heavy (non-hydrogen) atoms. The molecule has 0 saturated heterocycles. The first-order valence-corrected chi connectivity index (χ1v) is 9.47. The van der Waals surface area contributed by atoms with Gasteiger partial charge in [0.25, 0.3) is 0 Å².